The molecule has 2 atom stereocenters. The first-order valence-electron chi connectivity index (χ1n) is 6.62. The molecule has 1 fully saturated rings. The van der Waals surface area contributed by atoms with Gasteiger partial charge in [0.25, 0.3) is 0 Å². The van der Waals surface area contributed by atoms with Crippen LogP contribution in [0.3, 0.4) is 0 Å². The molecule has 0 aromatic heterocycles. The zero-order valence-corrected chi connectivity index (χ0v) is 11.9. The summed E-state index contributed by atoms with van der Waals surface area (Å²) in [6, 6.07) is 4.40. The summed E-state index contributed by atoms with van der Waals surface area (Å²) in [5, 5.41) is 0. The SMILES string of the molecule is Cc1cc(C)c(C(N)C2CN(C)CCO2)cc1C. The van der Waals surface area contributed by atoms with Gasteiger partial charge >= 0.3 is 0 Å². The zero-order valence-electron chi connectivity index (χ0n) is 11.9. The highest BCUT2D eigenvalue weighted by Gasteiger charge is 2.26. The highest BCUT2D eigenvalue weighted by Crippen LogP contribution is 2.25. The molecule has 2 rings (SSSR count). The first-order valence-corrected chi connectivity index (χ1v) is 6.62. The topological polar surface area (TPSA) is 38.5 Å². The lowest BCUT2D eigenvalue weighted by molar-refractivity contribution is -0.0327. The average Bonchev–Trinajstić information content (AvgIpc) is 2.33. The maximum Gasteiger partial charge on any atom is 0.0894 e. The number of benzene rings is 1. The van der Waals surface area contributed by atoms with E-state index in [-0.39, 0.29) is 12.1 Å². The van der Waals surface area contributed by atoms with Crippen molar-refractivity contribution >= 4 is 0 Å². The Morgan fingerprint density at radius 3 is 2.56 bits per heavy atom. The molecule has 100 valence electrons. The number of aryl methyl sites for hydroxylation is 3. The van der Waals surface area contributed by atoms with Crippen LogP contribution in [0.15, 0.2) is 12.1 Å². The van der Waals surface area contributed by atoms with Crippen molar-refractivity contribution in [2.45, 2.75) is 32.9 Å². The predicted molar refractivity (Wildman–Crippen MR) is 74.8 cm³/mol. The summed E-state index contributed by atoms with van der Waals surface area (Å²) in [5.74, 6) is 0. The molecule has 0 amide bonds. The van der Waals surface area contributed by atoms with Crippen molar-refractivity contribution in [3.63, 3.8) is 0 Å². The maximum atomic E-state index is 6.40. The highest BCUT2D eigenvalue weighted by atomic mass is 16.5. The van der Waals surface area contributed by atoms with Crippen LogP contribution in [-0.2, 0) is 4.74 Å². The fourth-order valence-corrected chi connectivity index (χ4v) is 2.57. The Morgan fingerprint density at radius 2 is 1.89 bits per heavy atom. The van der Waals surface area contributed by atoms with Crippen LogP contribution in [-0.4, -0.2) is 37.7 Å². The van der Waals surface area contributed by atoms with Crippen molar-refractivity contribution in [2.75, 3.05) is 26.7 Å². The summed E-state index contributed by atoms with van der Waals surface area (Å²) < 4.78 is 5.82. The van der Waals surface area contributed by atoms with Crippen LogP contribution in [0.5, 0.6) is 0 Å². The summed E-state index contributed by atoms with van der Waals surface area (Å²) in [4.78, 5) is 2.28. The third-order valence-electron chi connectivity index (χ3n) is 3.94. The van der Waals surface area contributed by atoms with Crippen molar-refractivity contribution in [1.82, 2.24) is 4.90 Å². The Labute approximate surface area is 110 Å². The van der Waals surface area contributed by atoms with Crippen molar-refractivity contribution < 1.29 is 4.74 Å². The Hall–Kier alpha value is -0.900. The smallest absolute Gasteiger partial charge is 0.0894 e. The van der Waals surface area contributed by atoms with E-state index in [1.54, 1.807) is 0 Å². The lowest BCUT2D eigenvalue weighted by Gasteiger charge is -2.34. The van der Waals surface area contributed by atoms with Crippen LogP contribution in [0, 0.1) is 20.8 Å². The monoisotopic (exact) mass is 248 g/mol. The van der Waals surface area contributed by atoms with Gasteiger partial charge in [-0.15, -0.1) is 0 Å². The Bertz CT molecular complexity index is 431. The third kappa shape index (κ3) is 2.74. The molecule has 1 heterocycles. The highest BCUT2D eigenvalue weighted by molar-refractivity contribution is 5.38. The first kappa shape index (κ1) is 13.5. The third-order valence-corrected chi connectivity index (χ3v) is 3.94. The normalized spacial score (nSPS) is 23.1. The second-order valence-corrected chi connectivity index (χ2v) is 5.49. The minimum absolute atomic E-state index is 0.0351. The first-order chi connectivity index (χ1) is 8.49. The fourth-order valence-electron chi connectivity index (χ4n) is 2.57. The predicted octanol–water partition coefficient (Wildman–Crippen LogP) is 1.94. The lowest BCUT2D eigenvalue weighted by Crippen LogP contribution is -2.45. The maximum absolute atomic E-state index is 6.40. The van der Waals surface area contributed by atoms with Crippen LogP contribution >= 0.6 is 0 Å². The Balaban J connectivity index is 2.22. The van der Waals surface area contributed by atoms with Gasteiger partial charge in [0.2, 0.25) is 0 Å². The van der Waals surface area contributed by atoms with Crippen LogP contribution in [0.2, 0.25) is 0 Å². The molecule has 0 aliphatic carbocycles. The molecule has 2 N–H and O–H groups in total. The van der Waals surface area contributed by atoms with Gasteiger partial charge in [-0.2, -0.15) is 0 Å². The summed E-state index contributed by atoms with van der Waals surface area (Å²) >= 11 is 0. The van der Waals surface area contributed by atoms with Gasteiger partial charge in [0.1, 0.15) is 0 Å². The van der Waals surface area contributed by atoms with E-state index in [1.165, 1.54) is 22.3 Å². The minimum Gasteiger partial charge on any atom is -0.374 e. The summed E-state index contributed by atoms with van der Waals surface area (Å²) in [5.41, 5.74) is 11.5. The number of nitrogens with zero attached hydrogens (tertiary/aromatic N) is 1. The molecule has 3 heteroatoms. The van der Waals surface area contributed by atoms with E-state index < -0.39 is 0 Å². The fraction of sp³-hybridized carbons (Fsp3) is 0.600. The molecular formula is C15H24N2O. The molecule has 3 nitrogen and oxygen atoms in total. The molecule has 2 unspecified atom stereocenters. The van der Waals surface area contributed by atoms with Gasteiger partial charge in [0, 0.05) is 13.1 Å². The molecule has 1 aliphatic rings. The van der Waals surface area contributed by atoms with Gasteiger partial charge in [0.15, 0.2) is 0 Å². The standard InChI is InChI=1S/C15H24N2O/c1-10-7-12(3)13(8-11(10)2)15(16)14-9-17(4)5-6-18-14/h7-8,14-15H,5-6,9,16H2,1-4H3. The Morgan fingerprint density at radius 1 is 1.22 bits per heavy atom. The molecule has 0 saturated carbocycles. The van der Waals surface area contributed by atoms with Crippen LogP contribution < -0.4 is 5.73 Å². The summed E-state index contributed by atoms with van der Waals surface area (Å²) in [7, 11) is 2.12. The van der Waals surface area contributed by atoms with Crippen molar-refractivity contribution in [3.05, 3.63) is 34.4 Å². The molecule has 0 radical (unpaired) electrons. The second-order valence-electron chi connectivity index (χ2n) is 5.49. The zero-order chi connectivity index (χ0) is 13.3. The lowest BCUT2D eigenvalue weighted by atomic mass is 9.93. The van der Waals surface area contributed by atoms with E-state index in [4.69, 9.17) is 10.5 Å². The van der Waals surface area contributed by atoms with Gasteiger partial charge in [-0.25, -0.2) is 0 Å². The molecule has 1 aromatic rings. The quantitative estimate of drug-likeness (QED) is 0.869. The van der Waals surface area contributed by atoms with Crippen molar-refractivity contribution in [1.29, 1.82) is 0 Å². The molecular weight excluding hydrogens is 224 g/mol. The van der Waals surface area contributed by atoms with Gasteiger partial charge in [-0.05, 0) is 50.1 Å². The van der Waals surface area contributed by atoms with E-state index in [2.05, 4.69) is 44.9 Å². The van der Waals surface area contributed by atoms with Crippen LogP contribution in [0.1, 0.15) is 28.3 Å². The minimum atomic E-state index is -0.0351. The van der Waals surface area contributed by atoms with Crippen molar-refractivity contribution in [3.8, 4) is 0 Å². The number of likely N-dealkylation sites (N-methyl/N-ethyl adjacent to an activating group) is 1. The number of hydrogen-bond acceptors (Lipinski definition) is 3. The van der Waals surface area contributed by atoms with Gasteiger partial charge < -0.3 is 15.4 Å². The van der Waals surface area contributed by atoms with Gasteiger partial charge in [-0.1, -0.05) is 12.1 Å². The average molecular weight is 248 g/mol. The Kier molecular flexibility index (Phi) is 4.05. The van der Waals surface area contributed by atoms with Crippen LogP contribution in [0.25, 0.3) is 0 Å². The molecule has 1 saturated heterocycles. The molecule has 1 aromatic carbocycles. The van der Waals surface area contributed by atoms with Gasteiger partial charge in [-0.3, -0.25) is 0 Å². The number of nitrogens with two attached hydrogens (primary N) is 1. The van der Waals surface area contributed by atoms with Crippen molar-refractivity contribution in [2.24, 2.45) is 5.73 Å². The van der Waals surface area contributed by atoms with E-state index in [1.807, 2.05) is 0 Å². The second kappa shape index (κ2) is 5.39. The number of ether oxygens (including phenoxy) is 1. The van der Waals surface area contributed by atoms with Gasteiger partial charge in [0.05, 0.1) is 18.8 Å². The molecule has 0 spiro atoms. The molecule has 18 heavy (non-hydrogen) atoms. The number of hydrogen-bond donors (Lipinski definition) is 1. The summed E-state index contributed by atoms with van der Waals surface area (Å²) in [6.45, 7) is 9.09. The van der Waals surface area contributed by atoms with E-state index in [9.17, 15) is 0 Å². The van der Waals surface area contributed by atoms with E-state index in [0.717, 1.165) is 19.7 Å². The largest absolute Gasteiger partial charge is 0.374 e. The molecule has 1 aliphatic heterocycles. The number of morpholine rings is 1. The van der Waals surface area contributed by atoms with E-state index >= 15 is 0 Å². The van der Waals surface area contributed by atoms with Crippen LogP contribution in [0.4, 0.5) is 0 Å². The summed E-state index contributed by atoms with van der Waals surface area (Å²) in [6.07, 6.45) is 0.101. The number of rotatable bonds is 2. The van der Waals surface area contributed by atoms with E-state index in [0.29, 0.717) is 0 Å². The molecule has 0 bridgehead atoms.